The van der Waals surface area contributed by atoms with Crippen molar-refractivity contribution in [2.24, 2.45) is 11.7 Å². The summed E-state index contributed by atoms with van der Waals surface area (Å²) in [4.78, 5) is 16.3. The van der Waals surface area contributed by atoms with E-state index in [-0.39, 0.29) is 6.09 Å². The SMILES string of the molecule is CC(C)(C)OC(=O)N1CCN2C[C@H](CN)C[C@@H]2C1. The van der Waals surface area contributed by atoms with Crippen LogP contribution >= 0.6 is 0 Å². The number of rotatable bonds is 1. The Morgan fingerprint density at radius 2 is 2.06 bits per heavy atom. The lowest BCUT2D eigenvalue weighted by molar-refractivity contribution is 0.00924. The van der Waals surface area contributed by atoms with Gasteiger partial charge in [-0.3, -0.25) is 4.90 Å². The fourth-order valence-corrected chi connectivity index (χ4v) is 2.81. The van der Waals surface area contributed by atoms with Gasteiger partial charge in [-0.1, -0.05) is 0 Å². The van der Waals surface area contributed by atoms with E-state index in [0.29, 0.717) is 12.0 Å². The number of carbonyl (C=O) groups is 1. The molecule has 104 valence electrons. The molecule has 0 radical (unpaired) electrons. The molecule has 2 atom stereocenters. The third-order valence-corrected chi connectivity index (χ3v) is 3.69. The number of nitrogens with zero attached hydrogens (tertiary/aromatic N) is 2. The van der Waals surface area contributed by atoms with Crippen LogP contribution in [0.15, 0.2) is 0 Å². The molecule has 2 aliphatic rings. The lowest BCUT2D eigenvalue weighted by Crippen LogP contribution is -2.53. The van der Waals surface area contributed by atoms with Gasteiger partial charge in [0.15, 0.2) is 0 Å². The minimum absolute atomic E-state index is 0.182. The molecule has 0 spiro atoms. The molecule has 0 saturated carbocycles. The molecule has 2 rings (SSSR count). The molecule has 0 unspecified atom stereocenters. The van der Waals surface area contributed by atoms with E-state index in [9.17, 15) is 4.79 Å². The minimum atomic E-state index is -0.413. The van der Waals surface area contributed by atoms with E-state index in [1.54, 1.807) is 0 Å². The molecular weight excluding hydrogens is 230 g/mol. The van der Waals surface area contributed by atoms with Gasteiger partial charge in [-0.25, -0.2) is 4.79 Å². The molecule has 2 saturated heterocycles. The van der Waals surface area contributed by atoms with Gasteiger partial charge in [0.05, 0.1) is 0 Å². The van der Waals surface area contributed by atoms with Crippen LogP contribution in [-0.4, -0.2) is 60.3 Å². The Balaban J connectivity index is 1.89. The van der Waals surface area contributed by atoms with E-state index >= 15 is 0 Å². The highest BCUT2D eigenvalue weighted by Crippen LogP contribution is 2.26. The van der Waals surface area contributed by atoms with Crippen LogP contribution in [0.4, 0.5) is 4.79 Å². The van der Waals surface area contributed by atoms with Crippen molar-refractivity contribution in [2.45, 2.75) is 38.8 Å². The van der Waals surface area contributed by atoms with Crippen molar-refractivity contribution in [3.63, 3.8) is 0 Å². The number of piperazine rings is 1. The third kappa shape index (κ3) is 3.14. The maximum Gasteiger partial charge on any atom is 0.410 e. The molecule has 0 aromatic rings. The van der Waals surface area contributed by atoms with Gasteiger partial charge in [0.2, 0.25) is 0 Å². The highest BCUT2D eigenvalue weighted by atomic mass is 16.6. The lowest BCUT2D eigenvalue weighted by atomic mass is 10.1. The first-order chi connectivity index (χ1) is 8.39. The summed E-state index contributed by atoms with van der Waals surface area (Å²) < 4.78 is 5.42. The largest absolute Gasteiger partial charge is 0.444 e. The van der Waals surface area contributed by atoms with Crippen LogP contribution in [0.1, 0.15) is 27.2 Å². The van der Waals surface area contributed by atoms with Crippen molar-refractivity contribution in [3.8, 4) is 0 Å². The van der Waals surface area contributed by atoms with Crippen molar-refractivity contribution in [1.29, 1.82) is 0 Å². The summed E-state index contributed by atoms with van der Waals surface area (Å²) in [6.45, 7) is 10.0. The van der Waals surface area contributed by atoms with E-state index in [1.165, 1.54) is 0 Å². The van der Waals surface area contributed by atoms with E-state index < -0.39 is 5.60 Å². The zero-order valence-corrected chi connectivity index (χ0v) is 11.7. The van der Waals surface area contributed by atoms with Crippen LogP contribution in [0, 0.1) is 5.92 Å². The monoisotopic (exact) mass is 255 g/mol. The summed E-state index contributed by atoms with van der Waals surface area (Å²) in [5, 5.41) is 0. The fraction of sp³-hybridized carbons (Fsp3) is 0.923. The van der Waals surface area contributed by atoms with Crippen LogP contribution in [0.5, 0.6) is 0 Å². The molecule has 0 bridgehead atoms. The molecule has 0 aliphatic carbocycles. The quantitative estimate of drug-likeness (QED) is 0.756. The van der Waals surface area contributed by atoms with E-state index in [2.05, 4.69) is 4.90 Å². The highest BCUT2D eigenvalue weighted by molar-refractivity contribution is 5.68. The first-order valence-electron chi connectivity index (χ1n) is 6.81. The van der Waals surface area contributed by atoms with Crippen LogP contribution in [-0.2, 0) is 4.74 Å². The smallest absolute Gasteiger partial charge is 0.410 e. The second-order valence-corrected chi connectivity index (χ2v) is 6.41. The van der Waals surface area contributed by atoms with E-state index in [4.69, 9.17) is 10.5 Å². The minimum Gasteiger partial charge on any atom is -0.444 e. The van der Waals surface area contributed by atoms with Crippen molar-refractivity contribution in [1.82, 2.24) is 9.80 Å². The molecule has 18 heavy (non-hydrogen) atoms. The first kappa shape index (κ1) is 13.6. The number of amides is 1. The van der Waals surface area contributed by atoms with Gasteiger partial charge in [-0.15, -0.1) is 0 Å². The summed E-state index contributed by atoms with van der Waals surface area (Å²) in [7, 11) is 0. The van der Waals surface area contributed by atoms with Gasteiger partial charge in [-0.05, 0) is 39.7 Å². The second-order valence-electron chi connectivity index (χ2n) is 6.41. The van der Waals surface area contributed by atoms with Gasteiger partial charge in [0.1, 0.15) is 5.60 Å². The average molecular weight is 255 g/mol. The maximum absolute atomic E-state index is 12.0. The summed E-state index contributed by atoms with van der Waals surface area (Å²) in [5.41, 5.74) is 5.32. The zero-order valence-electron chi connectivity index (χ0n) is 11.7. The van der Waals surface area contributed by atoms with Gasteiger partial charge < -0.3 is 15.4 Å². The van der Waals surface area contributed by atoms with E-state index in [1.807, 2.05) is 25.7 Å². The Morgan fingerprint density at radius 1 is 1.33 bits per heavy atom. The molecule has 2 heterocycles. The Kier molecular flexibility index (Phi) is 3.82. The number of fused-ring (bicyclic) bond motifs is 1. The van der Waals surface area contributed by atoms with Crippen LogP contribution in [0.25, 0.3) is 0 Å². The average Bonchev–Trinajstić information content (AvgIpc) is 2.68. The van der Waals surface area contributed by atoms with Crippen LogP contribution < -0.4 is 5.73 Å². The maximum atomic E-state index is 12.0. The normalized spacial score (nSPS) is 29.2. The zero-order chi connectivity index (χ0) is 13.3. The summed E-state index contributed by atoms with van der Waals surface area (Å²) in [6.07, 6.45) is 0.925. The number of hydrogen-bond acceptors (Lipinski definition) is 4. The van der Waals surface area contributed by atoms with Gasteiger partial charge in [0.25, 0.3) is 0 Å². The Morgan fingerprint density at radius 3 is 2.67 bits per heavy atom. The molecule has 1 amide bonds. The Bertz CT molecular complexity index is 314. The first-order valence-corrected chi connectivity index (χ1v) is 6.81. The lowest BCUT2D eigenvalue weighted by Gasteiger charge is -2.37. The van der Waals surface area contributed by atoms with Crippen molar-refractivity contribution < 1.29 is 9.53 Å². The molecule has 2 N–H and O–H groups in total. The fourth-order valence-electron chi connectivity index (χ4n) is 2.81. The molecule has 5 nitrogen and oxygen atoms in total. The summed E-state index contributed by atoms with van der Waals surface area (Å²) in [5.74, 6) is 0.591. The predicted octanol–water partition coefficient (Wildman–Crippen LogP) is 0.886. The van der Waals surface area contributed by atoms with E-state index in [0.717, 1.165) is 39.1 Å². The molecular formula is C13H25N3O2. The molecule has 5 heteroatoms. The summed E-state index contributed by atoms with van der Waals surface area (Å²) >= 11 is 0. The van der Waals surface area contributed by atoms with Crippen molar-refractivity contribution in [3.05, 3.63) is 0 Å². The predicted molar refractivity (Wildman–Crippen MR) is 70.3 cm³/mol. The third-order valence-electron chi connectivity index (χ3n) is 3.69. The number of nitrogens with two attached hydrogens (primary N) is 1. The van der Waals surface area contributed by atoms with Crippen molar-refractivity contribution in [2.75, 3.05) is 32.7 Å². The summed E-state index contributed by atoms with van der Waals surface area (Å²) in [6, 6.07) is 0.472. The number of carbonyl (C=O) groups excluding carboxylic acids is 1. The molecule has 0 aromatic heterocycles. The van der Waals surface area contributed by atoms with Gasteiger partial charge >= 0.3 is 6.09 Å². The van der Waals surface area contributed by atoms with Crippen LogP contribution in [0.3, 0.4) is 0 Å². The van der Waals surface area contributed by atoms with Gasteiger partial charge in [0, 0.05) is 32.2 Å². The Hall–Kier alpha value is -0.810. The Labute approximate surface area is 109 Å². The number of ether oxygens (including phenoxy) is 1. The molecule has 2 aliphatic heterocycles. The second kappa shape index (κ2) is 5.05. The van der Waals surface area contributed by atoms with Gasteiger partial charge in [-0.2, -0.15) is 0 Å². The number of hydrogen-bond donors (Lipinski definition) is 1. The topological polar surface area (TPSA) is 58.8 Å². The standard InChI is InChI=1S/C13H25N3O2/c1-13(2,3)18-12(17)16-5-4-15-8-10(7-14)6-11(15)9-16/h10-11H,4-9,14H2,1-3H3/t10-,11+/m0/s1. The molecule has 0 aromatic carbocycles. The van der Waals surface area contributed by atoms with Crippen molar-refractivity contribution >= 4 is 6.09 Å². The van der Waals surface area contributed by atoms with Crippen LogP contribution in [0.2, 0.25) is 0 Å². The highest BCUT2D eigenvalue weighted by Gasteiger charge is 2.37. The molecule has 2 fully saturated rings.